The molecular formula is C13H17FN2O2. The first-order valence-electron chi connectivity index (χ1n) is 6.05. The summed E-state index contributed by atoms with van der Waals surface area (Å²) < 4.78 is 13.6. The van der Waals surface area contributed by atoms with E-state index in [1.165, 1.54) is 31.0 Å². The zero-order valence-corrected chi connectivity index (χ0v) is 10.3. The normalized spacial score (nSPS) is 14.8. The lowest BCUT2D eigenvalue weighted by Crippen LogP contribution is -2.27. The number of para-hydroxylation sites is 1. The second-order valence-corrected chi connectivity index (χ2v) is 4.61. The summed E-state index contributed by atoms with van der Waals surface area (Å²) in [5, 5.41) is 11.9. The summed E-state index contributed by atoms with van der Waals surface area (Å²) in [5.41, 5.74) is 0.0540. The van der Waals surface area contributed by atoms with Gasteiger partial charge in [-0.05, 0) is 32.0 Å². The third kappa shape index (κ3) is 2.98. The van der Waals surface area contributed by atoms with E-state index >= 15 is 0 Å². The lowest BCUT2D eigenvalue weighted by Gasteiger charge is -2.17. The number of hydrogen-bond acceptors (Lipinski definition) is 3. The van der Waals surface area contributed by atoms with Crippen molar-refractivity contribution in [2.24, 2.45) is 0 Å². The van der Waals surface area contributed by atoms with Crippen LogP contribution in [0.1, 0.15) is 23.2 Å². The van der Waals surface area contributed by atoms with E-state index in [0.717, 1.165) is 6.54 Å². The molecule has 0 atom stereocenters. The summed E-state index contributed by atoms with van der Waals surface area (Å²) in [5.74, 6) is -1.64. The highest BCUT2D eigenvalue weighted by atomic mass is 19.1. The molecule has 4 nitrogen and oxygen atoms in total. The molecule has 5 heteroatoms. The Hall–Kier alpha value is -1.62. The fraction of sp³-hybridized carbons (Fsp3) is 0.462. The number of carboxylic acids is 1. The number of aromatic carboxylic acids is 1. The Balaban J connectivity index is 1.97. The average Bonchev–Trinajstić information content (AvgIpc) is 3.14. The summed E-state index contributed by atoms with van der Waals surface area (Å²) in [6.45, 7) is 1.31. The van der Waals surface area contributed by atoms with E-state index in [9.17, 15) is 9.18 Å². The van der Waals surface area contributed by atoms with Crippen LogP contribution >= 0.6 is 0 Å². The van der Waals surface area contributed by atoms with E-state index in [0.29, 0.717) is 12.6 Å². The molecule has 0 radical (unpaired) electrons. The Kier molecular flexibility index (Phi) is 3.81. The standard InChI is InChI=1S/C13H17FN2O2/c1-16(9-5-6-9)8-7-15-12-10(13(17)18)3-2-4-11(12)14/h2-4,9,15H,5-8H2,1H3,(H,17,18). The fourth-order valence-electron chi connectivity index (χ4n) is 1.94. The Bertz CT molecular complexity index is 447. The van der Waals surface area contributed by atoms with Crippen LogP contribution in [0.5, 0.6) is 0 Å². The number of rotatable bonds is 6. The van der Waals surface area contributed by atoms with Gasteiger partial charge in [0.25, 0.3) is 0 Å². The first kappa shape index (κ1) is 12.8. The molecule has 0 heterocycles. The first-order chi connectivity index (χ1) is 8.59. The average molecular weight is 252 g/mol. The largest absolute Gasteiger partial charge is 0.478 e. The molecule has 1 aliphatic rings. The molecule has 98 valence electrons. The van der Waals surface area contributed by atoms with E-state index in [4.69, 9.17) is 5.11 Å². The van der Waals surface area contributed by atoms with Crippen LogP contribution in [0, 0.1) is 5.82 Å². The van der Waals surface area contributed by atoms with Gasteiger partial charge in [-0.2, -0.15) is 0 Å². The van der Waals surface area contributed by atoms with Crippen LogP contribution in [0.2, 0.25) is 0 Å². The molecule has 2 rings (SSSR count). The van der Waals surface area contributed by atoms with Gasteiger partial charge in [0.2, 0.25) is 0 Å². The Morgan fingerprint density at radius 1 is 1.56 bits per heavy atom. The van der Waals surface area contributed by atoms with Crippen molar-refractivity contribution >= 4 is 11.7 Å². The summed E-state index contributed by atoms with van der Waals surface area (Å²) in [4.78, 5) is 13.2. The third-order valence-electron chi connectivity index (χ3n) is 3.18. The van der Waals surface area contributed by atoms with Gasteiger partial charge in [-0.1, -0.05) is 6.07 Å². The maximum atomic E-state index is 13.6. The Labute approximate surface area is 105 Å². The van der Waals surface area contributed by atoms with Gasteiger partial charge in [-0.25, -0.2) is 9.18 Å². The SMILES string of the molecule is CN(CCNc1c(F)cccc1C(=O)O)C1CC1. The monoisotopic (exact) mass is 252 g/mol. The molecule has 1 aromatic carbocycles. The minimum atomic E-state index is -1.12. The van der Waals surface area contributed by atoms with E-state index in [2.05, 4.69) is 10.2 Å². The minimum Gasteiger partial charge on any atom is -0.478 e. The van der Waals surface area contributed by atoms with Gasteiger partial charge in [0, 0.05) is 19.1 Å². The quantitative estimate of drug-likeness (QED) is 0.813. The van der Waals surface area contributed by atoms with Crippen molar-refractivity contribution in [2.45, 2.75) is 18.9 Å². The number of carboxylic acid groups (broad SMARTS) is 1. The van der Waals surface area contributed by atoms with Gasteiger partial charge in [-0.3, -0.25) is 0 Å². The van der Waals surface area contributed by atoms with Crippen molar-refractivity contribution in [2.75, 3.05) is 25.5 Å². The number of halogens is 1. The molecule has 1 saturated carbocycles. The van der Waals surface area contributed by atoms with E-state index in [1.807, 2.05) is 7.05 Å². The molecule has 0 unspecified atom stereocenters. The number of benzene rings is 1. The second-order valence-electron chi connectivity index (χ2n) is 4.61. The van der Waals surface area contributed by atoms with E-state index in [1.54, 1.807) is 0 Å². The molecule has 0 aliphatic heterocycles. The molecule has 18 heavy (non-hydrogen) atoms. The van der Waals surface area contributed by atoms with Gasteiger partial charge < -0.3 is 15.3 Å². The Morgan fingerprint density at radius 3 is 2.89 bits per heavy atom. The summed E-state index contributed by atoms with van der Waals surface area (Å²) in [7, 11) is 2.03. The van der Waals surface area contributed by atoms with Crippen molar-refractivity contribution in [3.05, 3.63) is 29.6 Å². The van der Waals surface area contributed by atoms with Crippen LogP contribution in [0.4, 0.5) is 10.1 Å². The third-order valence-corrected chi connectivity index (χ3v) is 3.18. The summed E-state index contributed by atoms with van der Waals surface area (Å²) in [6, 6.07) is 4.71. The molecular weight excluding hydrogens is 235 g/mol. The van der Waals surface area contributed by atoms with Crippen LogP contribution < -0.4 is 5.32 Å². The smallest absolute Gasteiger partial charge is 0.337 e. The van der Waals surface area contributed by atoms with E-state index in [-0.39, 0.29) is 11.3 Å². The number of likely N-dealkylation sites (N-methyl/N-ethyl adjacent to an activating group) is 1. The zero-order chi connectivity index (χ0) is 13.1. The molecule has 1 aliphatic carbocycles. The van der Waals surface area contributed by atoms with Gasteiger partial charge >= 0.3 is 5.97 Å². The van der Waals surface area contributed by atoms with Crippen LogP contribution in [0.15, 0.2) is 18.2 Å². The number of carbonyl (C=O) groups is 1. The van der Waals surface area contributed by atoms with Crippen LogP contribution in [-0.4, -0.2) is 42.2 Å². The lowest BCUT2D eigenvalue weighted by atomic mass is 10.1. The second kappa shape index (κ2) is 5.35. The highest BCUT2D eigenvalue weighted by molar-refractivity contribution is 5.94. The van der Waals surface area contributed by atoms with Crippen molar-refractivity contribution in [3.63, 3.8) is 0 Å². The number of hydrogen-bond donors (Lipinski definition) is 2. The molecule has 0 amide bonds. The van der Waals surface area contributed by atoms with Crippen LogP contribution in [0.25, 0.3) is 0 Å². The molecule has 0 bridgehead atoms. The predicted molar refractivity (Wildman–Crippen MR) is 67.5 cm³/mol. The van der Waals surface area contributed by atoms with Gasteiger partial charge in [0.1, 0.15) is 5.82 Å². The number of anilines is 1. The van der Waals surface area contributed by atoms with Crippen molar-refractivity contribution < 1.29 is 14.3 Å². The maximum absolute atomic E-state index is 13.6. The highest BCUT2D eigenvalue weighted by Crippen LogP contribution is 2.25. The minimum absolute atomic E-state index is 0.0240. The highest BCUT2D eigenvalue weighted by Gasteiger charge is 2.25. The topological polar surface area (TPSA) is 52.6 Å². The van der Waals surface area contributed by atoms with Gasteiger partial charge in [0.15, 0.2) is 0 Å². The molecule has 2 N–H and O–H groups in total. The summed E-state index contributed by atoms with van der Waals surface area (Å²) >= 11 is 0. The molecule has 0 aromatic heterocycles. The van der Waals surface area contributed by atoms with Crippen LogP contribution in [-0.2, 0) is 0 Å². The van der Waals surface area contributed by atoms with Gasteiger partial charge in [-0.15, -0.1) is 0 Å². The fourth-order valence-corrected chi connectivity index (χ4v) is 1.94. The van der Waals surface area contributed by atoms with E-state index < -0.39 is 11.8 Å². The van der Waals surface area contributed by atoms with Crippen LogP contribution in [0.3, 0.4) is 0 Å². The van der Waals surface area contributed by atoms with Gasteiger partial charge in [0.05, 0.1) is 11.3 Å². The first-order valence-corrected chi connectivity index (χ1v) is 6.05. The number of nitrogens with one attached hydrogen (secondary N) is 1. The molecule has 1 fully saturated rings. The lowest BCUT2D eigenvalue weighted by molar-refractivity contribution is 0.0697. The summed E-state index contributed by atoms with van der Waals surface area (Å²) in [6.07, 6.45) is 2.44. The zero-order valence-electron chi connectivity index (χ0n) is 10.3. The molecule has 0 saturated heterocycles. The molecule has 0 spiro atoms. The van der Waals surface area contributed by atoms with Crippen molar-refractivity contribution in [1.82, 2.24) is 4.90 Å². The Morgan fingerprint density at radius 2 is 2.28 bits per heavy atom. The van der Waals surface area contributed by atoms with Crippen molar-refractivity contribution in [1.29, 1.82) is 0 Å². The van der Waals surface area contributed by atoms with Crippen molar-refractivity contribution in [3.8, 4) is 0 Å². The maximum Gasteiger partial charge on any atom is 0.337 e. The number of nitrogens with zero attached hydrogens (tertiary/aromatic N) is 1. The predicted octanol–water partition coefficient (Wildman–Crippen LogP) is 2.03. The molecule has 1 aromatic rings.